The van der Waals surface area contributed by atoms with Gasteiger partial charge in [0.25, 0.3) is 11.9 Å². The van der Waals surface area contributed by atoms with Crippen LogP contribution in [0.1, 0.15) is 13.8 Å². The van der Waals surface area contributed by atoms with E-state index in [0.717, 1.165) is 13.8 Å². The monoisotopic (exact) mass is 159 g/mol. The van der Waals surface area contributed by atoms with Crippen molar-refractivity contribution >= 4 is 63.3 Å². The molecule has 0 spiro atoms. The van der Waals surface area contributed by atoms with E-state index in [-0.39, 0.29) is 51.4 Å². The van der Waals surface area contributed by atoms with Crippen LogP contribution in [0.15, 0.2) is 0 Å². The molecule has 0 bridgehead atoms. The second kappa shape index (κ2) is 11.4. The number of carbonyl (C=O) groups is 2. The summed E-state index contributed by atoms with van der Waals surface area (Å²) < 4.78 is 0. The first-order valence-corrected chi connectivity index (χ1v) is 1.86. The van der Waals surface area contributed by atoms with Gasteiger partial charge in [-0.15, -0.1) is 0 Å². The molecule has 0 aliphatic heterocycles. The van der Waals surface area contributed by atoms with Crippen molar-refractivity contribution in [3.05, 3.63) is 0 Å². The van der Waals surface area contributed by atoms with Crippen LogP contribution in [0, 0.1) is 0 Å². The number of carboxylic acid groups (broad SMARTS) is 2. The summed E-state index contributed by atoms with van der Waals surface area (Å²) in [6.07, 6.45) is 0. The SMILES string of the molecule is CC(=O)O.CC(=O)O.[K]. The first kappa shape index (κ1) is 16.3. The molecule has 0 saturated carbocycles. The Hall–Kier alpha value is 0.576. The van der Waals surface area contributed by atoms with E-state index in [1.807, 2.05) is 0 Å². The second-order valence-corrected chi connectivity index (χ2v) is 1.04. The zero-order chi connectivity index (χ0) is 7.15. The molecule has 0 atom stereocenters. The Morgan fingerprint density at radius 1 is 1.00 bits per heavy atom. The molecule has 0 aromatic heterocycles. The molecule has 0 rings (SSSR count). The molecule has 0 amide bonds. The fraction of sp³-hybridized carbons (Fsp3) is 0.500. The Labute approximate surface area is 95.7 Å². The summed E-state index contributed by atoms with van der Waals surface area (Å²) in [7, 11) is 0. The van der Waals surface area contributed by atoms with Crippen LogP contribution in [0.5, 0.6) is 0 Å². The fourth-order valence-corrected chi connectivity index (χ4v) is 0. The zero-order valence-corrected chi connectivity index (χ0v) is 8.83. The summed E-state index contributed by atoms with van der Waals surface area (Å²) in [6, 6.07) is 0. The van der Waals surface area contributed by atoms with Gasteiger partial charge in [-0.05, 0) is 0 Å². The Bertz CT molecular complexity index is 70.6. The van der Waals surface area contributed by atoms with E-state index >= 15 is 0 Å². The Kier molecular flexibility index (Phi) is 20.6. The molecule has 9 heavy (non-hydrogen) atoms. The number of hydrogen-bond donors (Lipinski definition) is 2. The van der Waals surface area contributed by atoms with E-state index in [4.69, 9.17) is 19.8 Å². The van der Waals surface area contributed by atoms with Crippen molar-refractivity contribution in [2.75, 3.05) is 0 Å². The van der Waals surface area contributed by atoms with Gasteiger partial charge >= 0.3 is 0 Å². The van der Waals surface area contributed by atoms with Crippen LogP contribution in [-0.4, -0.2) is 73.5 Å². The van der Waals surface area contributed by atoms with E-state index in [1.54, 1.807) is 0 Å². The van der Waals surface area contributed by atoms with Gasteiger partial charge in [0.05, 0.1) is 0 Å². The number of aliphatic carboxylic acids is 2. The van der Waals surface area contributed by atoms with Crippen LogP contribution >= 0.6 is 0 Å². The Morgan fingerprint density at radius 2 is 1.00 bits per heavy atom. The van der Waals surface area contributed by atoms with E-state index in [2.05, 4.69) is 0 Å². The minimum Gasteiger partial charge on any atom is -0.481 e. The van der Waals surface area contributed by atoms with Crippen LogP contribution in [0.25, 0.3) is 0 Å². The maximum atomic E-state index is 9.00. The summed E-state index contributed by atoms with van der Waals surface area (Å²) in [5, 5.41) is 14.8. The van der Waals surface area contributed by atoms with Crippen molar-refractivity contribution in [3.8, 4) is 0 Å². The first-order chi connectivity index (χ1) is 3.46. The quantitative estimate of drug-likeness (QED) is 0.480. The van der Waals surface area contributed by atoms with Crippen molar-refractivity contribution in [1.29, 1.82) is 0 Å². The predicted octanol–water partition coefficient (Wildman–Crippen LogP) is -0.199. The number of carboxylic acids is 2. The molecule has 49 valence electrons. The third kappa shape index (κ3) is 1120. The molecule has 0 aromatic carbocycles. The van der Waals surface area contributed by atoms with Crippen molar-refractivity contribution in [2.45, 2.75) is 13.8 Å². The summed E-state index contributed by atoms with van der Waals surface area (Å²) in [6.45, 7) is 2.17. The van der Waals surface area contributed by atoms with Gasteiger partial charge in [0.15, 0.2) is 0 Å². The fourth-order valence-electron chi connectivity index (χ4n) is 0. The molecule has 0 saturated heterocycles. The summed E-state index contributed by atoms with van der Waals surface area (Å²) >= 11 is 0. The number of hydrogen-bond acceptors (Lipinski definition) is 2. The van der Waals surface area contributed by atoms with Crippen molar-refractivity contribution in [3.63, 3.8) is 0 Å². The largest absolute Gasteiger partial charge is 0.481 e. The van der Waals surface area contributed by atoms with Crippen LogP contribution in [0.3, 0.4) is 0 Å². The molecular weight excluding hydrogens is 151 g/mol. The predicted molar refractivity (Wildman–Crippen MR) is 32.4 cm³/mol. The van der Waals surface area contributed by atoms with Gasteiger partial charge in [0, 0.05) is 65.2 Å². The van der Waals surface area contributed by atoms with Crippen molar-refractivity contribution < 1.29 is 19.8 Å². The molecule has 0 unspecified atom stereocenters. The molecule has 4 nitrogen and oxygen atoms in total. The summed E-state index contributed by atoms with van der Waals surface area (Å²) in [5.41, 5.74) is 0. The topological polar surface area (TPSA) is 74.6 Å². The first-order valence-electron chi connectivity index (χ1n) is 1.86. The van der Waals surface area contributed by atoms with Gasteiger partial charge in [0.1, 0.15) is 0 Å². The maximum Gasteiger partial charge on any atom is 0.300 e. The smallest absolute Gasteiger partial charge is 0.300 e. The Morgan fingerprint density at radius 3 is 1.00 bits per heavy atom. The molecule has 0 aromatic rings. The minimum absolute atomic E-state index is 0. The maximum absolute atomic E-state index is 9.00. The van der Waals surface area contributed by atoms with Crippen LogP contribution in [0.4, 0.5) is 0 Å². The zero-order valence-electron chi connectivity index (χ0n) is 5.71. The minimum atomic E-state index is -0.833. The molecule has 0 aliphatic rings. The van der Waals surface area contributed by atoms with Gasteiger partial charge in [0.2, 0.25) is 0 Å². The average Bonchev–Trinajstić information content (AvgIpc) is 1.25. The van der Waals surface area contributed by atoms with E-state index in [1.165, 1.54) is 0 Å². The molecule has 0 fully saturated rings. The van der Waals surface area contributed by atoms with Crippen LogP contribution < -0.4 is 0 Å². The summed E-state index contributed by atoms with van der Waals surface area (Å²) in [5.74, 6) is -1.67. The normalized spacial score (nSPS) is 5.56. The van der Waals surface area contributed by atoms with E-state index in [0.29, 0.717) is 0 Å². The van der Waals surface area contributed by atoms with Crippen LogP contribution in [-0.2, 0) is 9.59 Å². The van der Waals surface area contributed by atoms with Crippen LogP contribution in [0.2, 0.25) is 0 Å². The summed E-state index contributed by atoms with van der Waals surface area (Å²) in [4.78, 5) is 18.0. The second-order valence-electron chi connectivity index (χ2n) is 1.04. The van der Waals surface area contributed by atoms with Gasteiger partial charge in [-0.2, -0.15) is 0 Å². The molecular formula is C4H8KO4. The average molecular weight is 159 g/mol. The van der Waals surface area contributed by atoms with Gasteiger partial charge in [-0.3, -0.25) is 9.59 Å². The van der Waals surface area contributed by atoms with E-state index < -0.39 is 11.9 Å². The van der Waals surface area contributed by atoms with Crippen molar-refractivity contribution in [1.82, 2.24) is 0 Å². The molecule has 0 heterocycles. The van der Waals surface area contributed by atoms with Gasteiger partial charge < -0.3 is 10.2 Å². The number of rotatable bonds is 0. The Balaban J connectivity index is -0.0000000720. The molecule has 1 radical (unpaired) electrons. The van der Waals surface area contributed by atoms with Gasteiger partial charge in [-0.1, -0.05) is 0 Å². The van der Waals surface area contributed by atoms with Gasteiger partial charge in [-0.25, -0.2) is 0 Å². The molecule has 2 N–H and O–H groups in total. The molecule has 0 aliphatic carbocycles. The third-order valence-corrected chi connectivity index (χ3v) is 0. The van der Waals surface area contributed by atoms with E-state index in [9.17, 15) is 0 Å². The standard InChI is InChI=1S/2C2H4O2.K/c2*1-2(3)4;/h2*1H3,(H,3,4);. The van der Waals surface area contributed by atoms with Crippen molar-refractivity contribution in [2.24, 2.45) is 0 Å². The molecule has 5 heteroatoms. The third-order valence-electron chi connectivity index (χ3n) is 0.